The predicted octanol–water partition coefficient (Wildman–Crippen LogP) is 1.58. The molecule has 1 heterocycles. The second kappa shape index (κ2) is 6.92. The number of aromatic nitrogens is 1. The van der Waals surface area contributed by atoms with Crippen molar-refractivity contribution >= 4 is 40.3 Å². The quantitative estimate of drug-likeness (QED) is 0.629. The van der Waals surface area contributed by atoms with Crippen LogP contribution in [0.2, 0.25) is 5.02 Å². The van der Waals surface area contributed by atoms with Crippen molar-refractivity contribution in [2.45, 2.75) is 18.9 Å². The smallest absolute Gasteiger partial charge is 0.343 e. The number of halogens is 1. The molecule has 0 bridgehead atoms. The molecule has 1 aromatic carbocycles. The van der Waals surface area contributed by atoms with E-state index >= 15 is 0 Å². The van der Waals surface area contributed by atoms with Crippen LogP contribution in [0.15, 0.2) is 24.4 Å². The highest BCUT2D eigenvalue weighted by atomic mass is 35.5. The van der Waals surface area contributed by atoms with Crippen molar-refractivity contribution in [2.75, 3.05) is 14.2 Å². The summed E-state index contributed by atoms with van der Waals surface area (Å²) < 4.78 is 9.47. The van der Waals surface area contributed by atoms with Gasteiger partial charge in [-0.25, -0.2) is 9.59 Å². The number of ether oxygens (including phenoxy) is 2. The van der Waals surface area contributed by atoms with Crippen molar-refractivity contribution in [2.24, 2.45) is 0 Å². The summed E-state index contributed by atoms with van der Waals surface area (Å²) in [5.41, 5.74) is -0.704. The summed E-state index contributed by atoms with van der Waals surface area (Å²) in [6.07, 6.45) is 1.48. The summed E-state index contributed by atoms with van der Waals surface area (Å²) in [7, 11) is 2.27. The maximum Gasteiger partial charge on any atom is 0.343 e. The fourth-order valence-corrected chi connectivity index (χ4v) is 2.86. The van der Waals surface area contributed by atoms with Gasteiger partial charge in [0.25, 0.3) is 0 Å². The SMILES string of the molecule is COC(=O)C(Cc1c[nH]c2c(Cl)cccc12)(NC(C)=O)C(=O)OC. The molecule has 1 aromatic heterocycles. The van der Waals surface area contributed by atoms with E-state index in [2.05, 4.69) is 10.3 Å². The number of amides is 1. The Bertz CT molecular complexity index is 783. The first-order valence-electron chi connectivity index (χ1n) is 7.05. The lowest BCUT2D eigenvalue weighted by Gasteiger charge is -2.28. The number of benzene rings is 1. The Morgan fingerprint density at radius 2 is 1.83 bits per heavy atom. The first kappa shape index (κ1) is 17.8. The van der Waals surface area contributed by atoms with Gasteiger partial charge in [0.2, 0.25) is 11.4 Å². The van der Waals surface area contributed by atoms with E-state index < -0.39 is 23.4 Å². The molecule has 0 unspecified atom stereocenters. The van der Waals surface area contributed by atoms with Gasteiger partial charge in [-0.2, -0.15) is 0 Å². The zero-order valence-electron chi connectivity index (χ0n) is 13.4. The van der Waals surface area contributed by atoms with E-state index in [4.69, 9.17) is 21.1 Å². The molecule has 0 saturated carbocycles. The molecule has 0 aliphatic heterocycles. The second-order valence-corrected chi connectivity index (χ2v) is 5.63. The molecule has 24 heavy (non-hydrogen) atoms. The highest BCUT2D eigenvalue weighted by Gasteiger charge is 2.50. The third-order valence-electron chi connectivity index (χ3n) is 3.66. The van der Waals surface area contributed by atoms with Crippen LogP contribution in [0.4, 0.5) is 0 Å². The van der Waals surface area contributed by atoms with Crippen molar-refractivity contribution < 1.29 is 23.9 Å². The fourth-order valence-electron chi connectivity index (χ4n) is 2.63. The standard InChI is InChI=1S/C16H17ClN2O5/c1-9(20)19-16(14(21)23-2,15(22)24-3)7-10-8-18-13-11(10)5-4-6-12(13)17/h4-6,8,18H,7H2,1-3H3,(H,19,20). The molecular weight excluding hydrogens is 336 g/mol. The Labute approximate surface area is 143 Å². The minimum Gasteiger partial charge on any atom is -0.467 e. The van der Waals surface area contributed by atoms with E-state index in [0.29, 0.717) is 16.1 Å². The molecule has 0 fully saturated rings. The van der Waals surface area contributed by atoms with Crippen LogP contribution in [0.1, 0.15) is 12.5 Å². The minimum absolute atomic E-state index is 0.147. The molecule has 0 aliphatic rings. The number of fused-ring (bicyclic) bond motifs is 1. The van der Waals surface area contributed by atoms with Crippen molar-refractivity contribution in [3.63, 3.8) is 0 Å². The Morgan fingerprint density at radius 3 is 2.38 bits per heavy atom. The number of hydrogen-bond donors (Lipinski definition) is 2. The molecule has 2 rings (SSSR count). The van der Waals surface area contributed by atoms with Crippen molar-refractivity contribution in [3.8, 4) is 0 Å². The number of aromatic amines is 1. The number of hydrogen-bond acceptors (Lipinski definition) is 5. The number of nitrogens with one attached hydrogen (secondary N) is 2. The molecule has 0 radical (unpaired) electrons. The van der Waals surface area contributed by atoms with Gasteiger partial charge in [0.15, 0.2) is 0 Å². The van der Waals surface area contributed by atoms with E-state index in [9.17, 15) is 14.4 Å². The van der Waals surface area contributed by atoms with E-state index in [1.54, 1.807) is 24.4 Å². The van der Waals surface area contributed by atoms with Gasteiger partial charge < -0.3 is 19.8 Å². The minimum atomic E-state index is -1.98. The molecule has 0 saturated heterocycles. The lowest BCUT2D eigenvalue weighted by atomic mass is 9.90. The zero-order chi connectivity index (χ0) is 17.9. The number of carbonyl (C=O) groups excluding carboxylic acids is 3. The maximum atomic E-state index is 12.3. The molecule has 2 N–H and O–H groups in total. The zero-order valence-corrected chi connectivity index (χ0v) is 14.2. The van der Waals surface area contributed by atoms with Crippen LogP contribution in [0.5, 0.6) is 0 Å². The van der Waals surface area contributed by atoms with E-state index in [0.717, 1.165) is 19.6 Å². The monoisotopic (exact) mass is 352 g/mol. The normalized spacial score (nSPS) is 11.2. The van der Waals surface area contributed by atoms with Crippen LogP contribution in [-0.4, -0.2) is 42.6 Å². The van der Waals surface area contributed by atoms with Crippen LogP contribution >= 0.6 is 11.6 Å². The largest absolute Gasteiger partial charge is 0.467 e. The lowest BCUT2D eigenvalue weighted by molar-refractivity contribution is -0.165. The van der Waals surface area contributed by atoms with Gasteiger partial charge >= 0.3 is 11.9 Å². The van der Waals surface area contributed by atoms with E-state index in [-0.39, 0.29) is 6.42 Å². The highest BCUT2D eigenvalue weighted by molar-refractivity contribution is 6.35. The number of methoxy groups -OCH3 is 2. The molecule has 2 aromatic rings. The van der Waals surface area contributed by atoms with Crippen molar-refractivity contribution in [1.82, 2.24) is 10.3 Å². The van der Waals surface area contributed by atoms with Gasteiger partial charge in [-0.1, -0.05) is 23.7 Å². The Hall–Kier alpha value is -2.54. The molecule has 7 nitrogen and oxygen atoms in total. The summed E-state index contributed by atoms with van der Waals surface area (Å²) in [5.74, 6) is -2.40. The number of carbonyl (C=O) groups is 3. The number of para-hydroxylation sites is 1. The van der Waals surface area contributed by atoms with Gasteiger partial charge in [0, 0.05) is 24.9 Å². The average Bonchev–Trinajstić information content (AvgIpc) is 2.96. The summed E-state index contributed by atoms with van der Waals surface area (Å²) in [6, 6.07) is 5.25. The van der Waals surface area contributed by atoms with E-state index in [1.807, 2.05) is 0 Å². The molecule has 1 amide bonds. The molecule has 0 spiro atoms. The third-order valence-corrected chi connectivity index (χ3v) is 3.98. The van der Waals surface area contributed by atoms with Gasteiger partial charge in [-0.05, 0) is 11.6 Å². The maximum absolute atomic E-state index is 12.3. The van der Waals surface area contributed by atoms with Gasteiger partial charge in [0.05, 0.1) is 24.8 Å². The van der Waals surface area contributed by atoms with Gasteiger partial charge in [0.1, 0.15) is 0 Å². The van der Waals surface area contributed by atoms with Crippen LogP contribution < -0.4 is 5.32 Å². The average molecular weight is 353 g/mol. The van der Waals surface area contributed by atoms with Crippen LogP contribution in [0, 0.1) is 0 Å². The summed E-state index contributed by atoms with van der Waals surface area (Å²) in [5, 5.41) is 3.60. The molecule has 0 atom stereocenters. The summed E-state index contributed by atoms with van der Waals surface area (Å²) >= 11 is 6.12. The number of H-pyrrole nitrogens is 1. The highest BCUT2D eigenvalue weighted by Crippen LogP contribution is 2.28. The van der Waals surface area contributed by atoms with Crippen molar-refractivity contribution in [3.05, 3.63) is 35.0 Å². The number of esters is 2. The van der Waals surface area contributed by atoms with Crippen LogP contribution in [-0.2, 0) is 30.3 Å². The van der Waals surface area contributed by atoms with Crippen LogP contribution in [0.25, 0.3) is 10.9 Å². The number of rotatable bonds is 5. The van der Waals surface area contributed by atoms with Crippen LogP contribution in [0.3, 0.4) is 0 Å². The molecular formula is C16H17ClN2O5. The Kier molecular flexibility index (Phi) is 5.14. The predicted molar refractivity (Wildman–Crippen MR) is 87.6 cm³/mol. The first-order chi connectivity index (χ1) is 11.4. The third kappa shape index (κ3) is 3.07. The lowest BCUT2D eigenvalue weighted by Crippen LogP contribution is -2.62. The first-order valence-corrected chi connectivity index (χ1v) is 7.43. The summed E-state index contributed by atoms with van der Waals surface area (Å²) in [6.45, 7) is 1.20. The second-order valence-electron chi connectivity index (χ2n) is 5.22. The van der Waals surface area contributed by atoms with Gasteiger partial charge in [-0.15, -0.1) is 0 Å². The molecule has 0 aliphatic carbocycles. The Morgan fingerprint density at radius 1 is 1.21 bits per heavy atom. The van der Waals surface area contributed by atoms with Gasteiger partial charge in [-0.3, -0.25) is 4.79 Å². The topological polar surface area (TPSA) is 97.5 Å². The molecule has 8 heteroatoms. The summed E-state index contributed by atoms with van der Waals surface area (Å²) in [4.78, 5) is 39.2. The Balaban J connectivity index is 2.57. The van der Waals surface area contributed by atoms with E-state index in [1.165, 1.54) is 6.92 Å². The van der Waals surface area contributed by atoms with Crippen molar-refractivity contribution in [1.29, 1.82) is 0 Å². The molecule has 128 valence electrons. The fraction of sp³-hybridized carbons (Fsp3) is 0.312.